The molecule has 0 aliphatic rings. The topological polar surface area (TPSA) is 46.5 Å². The second kappa shape index (κ2) is 9.09. The number of carbonyl (C=O) groups is 1. The number of hydrogen-bond donors (Lipinski definition) is 1. The average molecular weight is 408 g/mol. The Morgan fingerprint density at radius 3 is 1.71 bits per heavy atom. The van der Waals surface area contributed by atoms with E-state index in [4.69, 9.17) is 5.11 Å². The number of aryl methyl sites for hydroxylation is 2. The van der Waals surface area contributed by atoms with Crippen molar-refractivity contribution in [3.05, 3.63) is 69.8 Å². The lowest BCUT2D eigenvalue weighted by Gasteiger charge is -2.10. The number of halogens is 6. The molecule has 0 amide bonds. The van der Waals surface area contributed by atoms with Crippen molar-refractivity contribution in [2.45, 2.75) is 32.8 Å². The highest BCUT2D eigenvalue weighted by Crippen LogP contribution is 2.32. The minimum Gasteiger partial charge on any atom is -0.465 e. The Kier molecular flexibility index (Phi) is 7.63. The first kappa shape index (κ1) is 23.5. The summed E-state index contributed by atoms with van der Waals surface area (Å²) in [6.45, 7) is 2.44. The quantitative estimate of drug-likeness (QED) is 0.541. The highest BCUT2D eigenvalue weighted by Gasteiger charge is 2.33. The Balaban J connectivity index is 0.000000283. The van der Waals surface area contributed by atoms with E-state index in [0.717, 1.165) is 24.3 Å². The molecule has 2 aromatic rings. The van der Waals surface area contributed by atoms with Gasteiger partial charge in [0.2, 0.25) is 0 Å². The summed E-state index contributed by atoms with van der Waals surface area (Å²) in [7, 11) is 1.18. The molecule has 0 atom stereocenters. The molecule has 28 heavy (non-hydrogen) atoms. The number of esters is 1. The highest BCUT2D eigenvalue weighted by molar-refractivity contribution is 5.89. The van der Waals surface area contributed by atoms with Crippen LogP contribution in [0.25, 0.3) is 0 Å². The first-order valence-electron chi connectivity index (χ1n) is 7.85. The lowest BCUT2D eigenvalue weighted by molar-refractivity contribution is -0.138. The third-order valence-corrected chi connectivity index (χ3v) is 3.73. The van der Waals surface area contributed by atoms with E-state index in [1.165, 1.54) is 33.1 Å². The monoisotopic (exact) mass is 408 g/mol. The van der Waals surface area contributed by atoms with E-state index in [1.54, 1.807) is 0 Å². The number of aliphatic hydroxyl groups excluding tert-OH is 1. The molecule has 0 unspecified atom stereocenters. The summed E-state index contributed by atoms with van der Waals surface area (Å²) in [5.41, 5.74) is -0.641. The van der Waals surface area contributed by atoms with Crippen LogP contribution in [0, 0.1) is 13.8 Å². The predicted molar refractivity (Wildman–Crippen MR) is 89.6 cm³/mol. The summed E-state index contributed by atoms with van der Waals surface area (Å²) in [5.74, 6) is -0.646. The van der Waals surface area contributed by atoms with Gasteiger partial charge in [-0.1, -0.05) is 12.1 Å². The van der Waals surface area contributed by atoms with Crippen molar-refractivity contribution in [3.63, 3.8) is 0 Å². The molecular formula is C19H18F6O3. The maximum Gasteiger partial charge on any atom is 0.416 e. The average Bonchev–Trinajstić information content (AvgIpc) is 2.59. The molecule has 0 aromatic heterocycles. The summed E-state index contributed by atoms with van der Waals surface area (Å²) in [6.07, 6.45) is -8.70. The van der Waals surface area contributed by atoms with Crippen LogP contribution < -0.4 is 0 Å². The molecule has 1 N–H and O–H groups in total. The van der Waals surface area contributed by atoms with E-state index in [9.17, 15) is 31.1 Å². The molecule has 0 heterocycles. The maximum absolute atomic E-state index is 12.3. The van der Waals surface area contributed by atoms with Crippen LogP contribution in [0.4, 0.5) is 26.3 Å². The van der Waals surface area contributed by atoms with Gasteiger partial charge in [-0.2, -0.15) is 26.3 Å². The molecule has 0 saturated carbocycles. The number of methoxy groups -OCH3 is 1. The van der Waals surface area contributed by atoms with Gasteiger partial charge in [0.05, 0.1) is 30.4 Å². The van der Waals surface area contributed by atoms with Gasteiger partial charge in [0.15, 0.2) is 0 Å². The van der Waals surface area contributed by atoms with Crippen LogP contribution in [0.1, 0.15) is 38.2 Å². The lowest BCUT2D eigenvalue weighted by Crippen LogP contribution is -2.09. The second-order valence-corrected chi connectivity index (χ2v) is 5.82. The summed E-state index contributed by atoms with van der Waals surface area (Å²) >= 11 is 0. The minimum absolute atomic E-state index is 0.00500. The number of benzene rings is 2. The number of ether oxygens (including phenoxy) is 1. The van der Waals surface area contributed by atoms with Gasteiger partial charge < -0.3 is 9.84 Å². The summed E-state index contributed by atoms with van der Waals surface area (Å²) in [6, 6.07) is 6.73. The zero-order chi connectivity index (χ0) is 21.7. The standard InChI is InChI=1S/C10H9F3O2.C9H9F3O/c1-6-5-7(9(14)15-2)3-4-8(6)10(11,12)13;1-6-4-7(5-13)2-3-8(6)9(10,11)12/h3-5H,1-2H3;2-4,13H,5H2,1H3. The molecule has 0 saturated heterocycles. The third-order valence-electron chi connectivity index (χ3n) is 3.73. The number of rotatable bonds is 2. The Morgan fingerprint density at radius 2 is 1.36 bits per heavy atom. The van der Waals surface area contributed by atoms with E-state index in [-0.39, 0.29) is 23.3 Å². The van der Waals surface area contributed by atoms with E-state index in [1.807, 2.05) is 0 Å². The first-order valence-corrected chi connectivity index (χ1v) is 7.85. The zero-order valence-electron chi connectivity index (χ0n) is 15.2. The summed E-state index contributed by atoms with van der Waals surface area (Å²) in [4.78, 5) is 11.0. The van der Waals surface area contributed by atoms with Gasteiger partial charge >= 0.3 is 18.3 Å². The normalized spacial score (nSPS) is 11.5. The highest BCUT2D eigenvalue weighted by atomic mass is 19.4. The van der Waals surface area contributed by atoms with Crippen molar-refractivity contribution in [3.8, 4) is 0 Å². The Hall–Kier alpha value is -2.55. The molecule has 2 rings (SSSR count). The SMILES string of the molecule is COC(=O)c1ccc(C(F)(F)F)c(C)c1.Cc1cc(CO)ccc1C(F)(F)F. The Labute approximate surface area is 157 Å². The van der Waals surface area contributed by atoms with Gasteiger partial charge in [-0.25, -0.2) is 4.79 Å². The fourth-order valence-corrected chi connectivity index (χ4v) is 2.37. The van der Waals surface area contributed by atoms with Gasteiger partial charge in [-0.05, 0) is 54.8 Å². The molecule has 3 nitrogen and oxygen atoms in total. The van der Waals surface area contributed by atoms with Crippen molar-refractivity contribution in [1.82, 2.24) is 0 Å². The number of hydrogen-bond acceptors (Lipinski definition) is 3. The van der Waals surface area contributed by atoms with E-state index < -0.39 is 29.4 Å². The van der Waals surface area contributed by atoms with Crippen molar-refractivity contribution >= 4 is 5.97 Å². The fourth-order valence-electron chi connectivity index (χ4n) is 2.37. The smallest absolute Gasteiger partial charge is 0.416 e. The predicted octanol–water partition coefficient (Wildman–Crippen LogP) is 5.31. The van der Waals surface area contributed by atoms with Gasteiger partial charge in [0.25, 0.3) is 0 Å². The Bertz CT molecular complexity index is 825. The van der Waals surface area contributed by atoms with Crippen molar-refractivity contribution in [2.75, 3.05) is 7.11 Å². The van der Waals surface area contributed by atoms with Crippen LogP contribution in [0.2, 0.25) is 0 Å². The van der Waals surface area contributed by atoms with Crippen LogP contribution in [-0.4, -0.2) is 18.2 Å². The third kappa shape index (κ3) is 6.26. The molecule has 0 radical (unpaired) electrons. The second-order valence-electron chi connectivity index (χ2n) is 5.82. The minimum atomic E-state index is -4.39. The van der Waals surface area contributed by atoms with Gasteiger partial charge in [-0.15, -0.1) is 0 Å². The molecule has 154 valence electrons. The molecule has 0 bridgehead atoms. The molecule has 0 aliphatic heterocycles. The fraction of sp³-hybridized carbons (Fsp3) is 0.316. The van der Waals surface area contributed by atoms with Crippen LogP contribution in [0.3, 0.4) is 0 Å². The number of alkyl halides is 6. The van der Waals surface area contributed by atoms with E-state index >= 15 is 0 Å². The molecule has 0 spiro atoms. The Morgan fingerprint density at radius 1 is 0.893 bits per heavy atom. The van der Waals surface area contributed by atoms with Crippen LogP contribution in [0.5, 0.6) is 0 Å². The van der Waals surface area contributed by atoms with Crippen LogP contribution >= 0.6 is 0 Å². The molecule has 0 fully saturated rings. The zero-order valence-corrected chi connectivity index (χ0v) is 15.2. The van der Waals surface area contributed by atoms with E-state index in [0.29, 0.717) is 5.56 Å². The molecular weight excluding hydrogens is 390 g/mol. The molecule has 9 heteroatoms. The summed E-state index contributed by atoms with van der Waals surface area (Å²) < 4.78 is 78.1. The van der Waals surface area contributed by atoms with Crippen molar-refractivity contribution < 1.29 is 41.0 Å². The number of aliphatic hydroxyl groups is 1. The van der Waals surface area contributed by atoms with Gasteiger partial charge in [0.1, 0.15) is 0 Å². The van der Waals surface area contributed by atoms with Crippen LogP contribution in [-0.2, 0) is 23.7 Å². The molecule has 2 aromatic carbocycles. The number of carbonyl (C=O) groups excluding carboxylic acids is 1. The largest absolute Gasteiger partial charge is 0.465 e. The van der Waals surface area contributed by atoms with E-state index in [2.05, 4.69) is 4.74 Å². The first-order chi connectivity index (χ1) is 12.8. The lowest BCUT2D eigenvalue weighted by atomic mass is 10.0. The maximum atomic E-state index is 12.3. The van der Waals surface area contributed by atoms with Crippen LogP contribution in [0.15, 0.2) is 36.4 Å². The van der Waals surface area contributed by atoms with Crippen molar-refractivity contribution in [1.29, 1.82) is 0 Å². The summed E-state index contributed by atoms with van der Waals surface area (Å²) in [5, 5.41) is 8.67. The van der Waals surface area contributed by atoms with Crippen molar-refractivity contribution in [2.24, 2.45) is 0 Å². The van der Waals surface area contributed by atoms with Gasteiger partial charge in [0, 0.05) is 0 Å². The molecule has 0 aliphatic carbocycles. The van der Waals surface area contributed by atoms with Gasteiger partial charge in [-0.3, -0.25) is 0 Å².